The van der Waals surface area contributed by atoms with Crippen LogP contribution in [-0.4, -0.2) is 22.7 Å². The minimum absolute atomic E-state index is 0.0820. The van der Waals surface area contributed by atoms with Crippen LogP contribution in [0.4, 0.5) is 0 Å². The van der Waals surface area contributed by atoms with E-state index in [2.05, 4.69) is 31.1 Å². The van der Waals surface area contributed by atoms with Crippen LogP contribution < -0.4 is 5.73 Å². The highest BCUT2D eigenvalue weighted by Crippen LogP contribution is 2.30. The molecular formula is C13H24N2OS. The highest BCUT2D eigenvalue weighted by atomic mass is 32.1. The molecule has 17 heavy (non-hydrogen) atoms. The Bertz CT molecular complexity index is 368. The maximum absolute atomic E-state index is 9.80. The summed E-state index contributed by atoms with van der Waals surface area (Å²) in [6.45, 7) is 10.7. The van der Waals surface area contributed by atoms with Crippen LogP contribution in [0.25, 0.3) is 0 Å². The summed E-state index contributed by atoms with van der Waals surface area (Å²) in [7, 11) is 0. The number of aliphatic hydroxyl groups is 1. The standard InChI is InChI=1S/C13H24N2OS/c1-9(16)13(5,8-14)6-11-15-10(7-17-11)12(2,3)4/h7,9,16H,6,8,14H2,1-5H3. The van der Waals surface area contributed by atoms with Crippen molar-refractivity contribution in [2.24, 2.45) is 11.1 Å². The summed E-state index contributed by atoms with van der Waals surface area (Å²) in [5, 5.41) is 13.0. The Balaban J connectivity index is 2.86. The Morgan fingerprint density at radius 1 is 1.41 bits per heavy atom. The zero-order chi connectivity index (χ0) is 13.3. The third-order valence-corrected chi connectivity index (χ3v) is 4.20. The normalized spacial score (nSPS) is 17.8. The maximum atomic E-state index is 9.80. The lowest BCUT2D eigenvalue weighted by Gasteiger charge is -2.30. The summed E-state index contributed by atoms with van der Waals surface area (Å²) < 4.78 is 0. The predicted molar refractivity (Wildman–Crippen MR) is 73.4 cm³/mol. The van der Waals surface area contributed by atoms with Gasteiger partial charge in [-0.05, 0) is 6.92 Å². The van der Waals surface area contributed by atoms with Gasteiger partial charge in [-0.2, -0.15) is 0 Å². The molecule has 3 N–H and O–H groups in total. The lowest BCUT2D eigenvalue weighted by molar-refractivity contribution is 0.0588. The molecule has 0 amide bonds. The molecule has 0 aromatic carbocycles. The lowest BCUT2D eigenvalue weighted by atomic mass is 9.82. The van der Waals surface area contributed by atoms with Crippen molar-refractivity contribution in [3.63, 3.8) is 0 Å². The average molecular weight is 256 g/mol. The van der Waals surface area contributed by atoms with Gasteiger partial charge in [-0.25, -0.2) is 4.98 Å². The Morgan fingerprint density at radius 3 is 2.35 bits per heavy atom. The van der Waals surface area contributed by atoms with Gasteiger partial charge < -0.3 is 10.8 Å². The van der Waals surface area contributed by atoms with Gasteiger partial charge in [0.15, 0.2) is 0 Å². The Kier molecular flexibility index (Phi) is 4.33. The topological polar surface area (TPSA) is 59.1 Å². The maximum Gasteiger partial charge on any atom is 0.0935 e. The molecule has 1 heterocycles. The molecule has 4 heteroatoms. The molecule has 0 fully saturated rings. The first-order valence-electron chi connectivity index (χ1n) is 6.02. The van der Waals surface area contributed by atoms with E-state index in [0.29, 0.717) is 6.54 Å². The van der Waals surface area contributed by atoms with Gasteiger partial charge in [-0.15, -0.1) is 11.3 Å². The van der Waals surface area contributed by atoms with Gasteiger partial charge in [0.1, 0.15) is 0 Å². The van der Waals surface area contributed by atoms with Gasteiger partial charge in [0.05, 0.1) is 16.8 Å². The molecule has 1 aromatic heterocycles. The van der Waals surface area contributed by atoms with Crippen molar-refractivity contribution in [2.75, 3.05) is 6.54 Å². The van der Waals surface area contributed by atoms with Crippen LogP contribution in [0, 0.1) is 5.41 Å². The van der Waals surface area contributed by atoms with Crippen LogP contribution in [-0.2, 0) is 11.8 Å². The molecular weight excluding hydrogens is 232 g/mol. The second kappa shape index (κ2) is 5.04. The zero-order valence-electron chi connectivity index (χ0n) is 11.4. The second-order valence-corrected chi connectivity index (χ2v) is 7.03. The zero-order valence-corrected chi connectivity index (χ0v) is 12.3. The molecule has 0 aliphatic heterocycles. The first-order chi connectivity index (χ1) is 7.69. The van der Waals surface area contributed by atoms with E-state index in [-0.39, 0.29) is 10.8 Å². The molecule has 2 atom stereocenters. The number of thiazole rings is 1. The fourth-order valence-corrected chi connectivity index (χ4v) is 2.69. The first kappa shape index (κ1) is 14.6. The van der Waals surface area contributed by atoms with E-state index in [4.69, 9.17) is 5.73 Å². The van der Waals surface area contributed by atoms with E-state index in [9.17, 15) is 5.11 Å². The Morgan fingerprint density at radius 2 is 2.00 bits per heavy atom. The summed E-state index contributed by atoms with van der Waals surface area (Å²) in [5.74, 6) is 0. The van der Waals surface area contributed by atoms with Crippen molar-refractivity contribution in [1.82, 2.24) is 4.98 Å². The summed E-state index contributed by atoms with van der Waals surface area (Å²) in [5.41, 5.74) is 6.68. The minimum Gasteiger partial charge on any atom is -0.393 e. The van der Waals surface area contributed by atoms with Gasteiger partial charge in [-0.3, -0.25) is 0 Å². The third-order valence-electron chi connectivity index (χ3n) is 3.35. The molecule has 0 saturated carbocycles. The van der Waals surface area contributed by atoms with Crippen molar-refractivity contribution >= 4 is 11.3 Å². The van der Waals surface area contributed by atoms with Gasteiger partial charge in [0, 0.05) is 29.2 Å². The van der Waals surface area contributed by atoms with Crippen LogP contribution in [0.1, 0.15) is 45.3 Å². The Hall–Kier alpha value is -0.450. The van der Waals surface area contributed by atoms with Gasteiger partial charge in [0.25, 0.3) is 0 Å². The van der Waals surface area contributed by atoms with E-state index in [1.807, 2.05) is 6.92 Å². The molecule has 0 bridgehead atoms. The van der Waals surface area contributed by atoms with E-state index < -0.39 is 6.10 Å². The van der Waals surface area contributed by atoms with E-state index in [1.165, 1.54) is 0 Å². The van der Waals surface area contributed by atoms with Gasteiger partial charge in [0.2, 0.25) is 0 Å². The quantitative estimate of drug-likeness (QED) is 0.869. The first-order valence-corrected chi connectivity index (χ1v) is 6.90. The van der Waals surface area contributed by atoms with Crippen molar-refractivity contribution in [3.8, 4) is 0 Å². The molecule has 0 aliphatic rings. The molecule has 0 spiro atoms. The van der Waals surface area contributed by atoms with Crippen LogP contribution in [0.5, 0.6) is 0 Å². The largest absolute Gasteiger partial charge is 0.393 e. The lowest BCUT2D eigenvalue weighted by Crippen LogP contribution is -2.39. The molecule has 2 unspecified atom stereocenters. The number of aromatic nitrogens is 1. The Labute approximate surface area is 108 Å². The monoisotopic (exact) mass is 256 g/mol. The SMILES string of the molecule is CC(O)C(C)(CN)Cc1nc(C(C)(C)C)cs1. The number of hydrogen-bond donors (Lipinski definition) is 2. The smallest absolute Gasteiger partial charge is 0.0935 e. The molecule has 1 aromatic rings. The number of hydrogen-bond acceptors (Lipinski definition) is 4. The van der Waals surface area contributed by atoms with Crippen molar-refractivity contribution < 1.29 is 5.11 Å². The van der Waals surface area contributed by atoms with Crippen molar-refractivity contribution in [2.45, 2.75) is 52.6 Å². The molecule has 1 rings (SSSR count). The second-order valence-electron chi connectivity index (χ2n) is 6.09. The third kappa shape index (κ3) is 3.50. The number of aliphatic hydroxyl groups excluding tert-OH is 1. The number of rotatable bonds is 4. The molecule has 0 aliphatic carbocycles. The summed E-state index contributed by atoms with van der Waals surface area (Å²) in [6, 6.07) is 0. The number of nitrogens with two attached hydrogens (primary N) is 1. The summed E-state index contributed by atoms with van der Waals surface area (Å²) in [4.78, 5) is 4.65. The number of nitrogens with zero attached hydrogens (tertiary/aromatic N) is 1. The van der Waals surface area contributed by atoms with Gasteiger partial charge in [-0.1, -0.05) is 27.7 Å². The highest BCUT2D eigenvalue weighted by molar-refractivity contribution is 7.09. The van der Waals surface area contributed by atoms with Crippen molar-refractivity contribution in [1.29, 1.82) is 0 Å². The van der Waals surface area contributed by atoms with E-state index in [1.54, 1.807) is 18.3 Å². The average Bonchev–Trinajstić information content (AvgIpc) is 2.65. The summed E-state index contributed by atoms with van der Waals surface area (Å²) >= 11 is 1.66. The molecule has 0 saturated heterocycles. The van der Waals surface area contributed by atoms with Crippen LogP contribution in [0.3, 0.4) is 0 Å². The predicted octanol–water partition coefficient (Wildman–Crippen LogP) is 2.33. The van der Waals surface area contributed by atoms with Crippen molar-refractivity contribution in [3.05, 3.63) is 16.1 Å². The summed E-state index contributed by atoms with van der Waals surface area (Å²) in [6.07, 6.45) is 0.316. The van der Waals surface area contributed by atoms with E-state index in [0.717, 1.165) is 17.1 Å². The molecule has 98 valence electrons. The molecule has 0 radical (unpaired) electrons. The van der Waals surface area contributed by atoms with Crippen LogP contribution >= 0.6 is 11.3 Å². The molecule has 3 nitrogen and oxygen atoms in total. The minimum atomic E-state index is -0.422. The fourth-order valence-electron chi connectivity index (χ4n) is 1.47. The van der Waals surface area contributed by atoms with Gasteiger partial charge >= 0.3 is 0 Å². The fraction of sp³-hybridized carbons (Fsp3) is 0.769. The van der Waals surface area contributed by atoms with Crippen LogP contribution in [0.15, 0.2) is 5.38 Å². The van der Waals surface area contributed by atoms with E-state index >= 15 is 0 Å². The van der Waals surface area contributed by atoms with Crippen LogP contribution in [0.2, 0.25) is 0 Å². The highest BCUT2D eigenvalue weighted by Gasteiger charge is 2.30.